The van der Waals surface area contributed by atoms with Gasteiger partial charge in [-0.05, 0) is 48.7 Å². The second-order valence-electron chi connectivity index (χ2n) is 6.51. The van der Waals surface area contributed by atoms with Crippen LogP contribution < -0.4 is 14.8 Å². The van der Waals surface area contributed by atoms with Gasteiger partial charge in [-0.2, -0.15) is 0 Å². The number of aryl methyl sites for hydroxylation is 1. The fourth-order valence-electron chi connectivity index (χ4n) is 2.95. The molecule has 0 unspecified atom stereocenters. The minimum absolute atomic E-state index is 0.132. The first-order valence-corrected chi connectivity index (χ1v) is 9.32. The van der Waals surface area contributed by atoms with Crippen molar-refractivity contribution in [3.05, 3.63) is 59.7 Å². The molecule has 6 nitrogen and oxygen atoms in total. The van der Waals surface area contributed by atoms with Crippen LogP contribution in [0.25, 0.3) is 0 Å². The molecule has 2 rings (SSSR count). The lowest BCUT2D eigenvalue weighted by Crippen LogP contribution is -2.49. The van der Waals surface area contributed by atoms with Crippen LogP contribution in [0.1, 0.15) is 24.5 Å². The van der Waals surface area contributed by atoms with Crippen molar-refractivity contribution in [3.63, 3.8) is 0 Å². The van der Waals surface area contributed by atoms with Crippen LogP contribution in [-0.2, 0) is 16.1 Å². The monoisotopic (exact) mass is 384 g/mol. The van der Waals surface area contributed by atoms with Gasteiger partial charge in [-0.15, -0.1) is 0 Å². The maximum Gasteiger partial charge on any atom is 0.261 e. The SMILES string of the molecule is CC[C@@H](C(=O)NC)N(Cc1ccc(OC)cc1)C(=O)COc1cccc(C)c1. The Hall–Kier alpha value is -3.02. The summed E-state index contributed by atoms with van der Waals surface area (Å²) in [6.07, 6.45) is 0.506. The second kappa shape index (κ2) is 10.3. The number of hydrogen-bond acceptors (Lipinski definition) is 4. The third-order valence-electron chi connectivity index (χ3n) is 4.50. The van der Waals surface area contributed by atoms with Gasteiger partial charge in [0.25, 0.3) is 5.91 Å². The Morgan fingerprint density at radius 1 is 1.11 bits per heavy atom. The number of carbonyl (C=O) groups excluding carboxylic acids is 2. The van der Waals surface area contributed by atoms with Crippen LogP contribution in [0, 0.1) is 6.92 Å². The van der Waals surface area contributed by atoms with Gasteiger partial charge < -0.3 is 19.7 Å². The van der Waals surface area contributed by atoms with E-state index >= 15 is 0 Å². The molecule has 0 fully saturated rings. The van der Waals surface area contributed by atoms with Crippen LogP contribution in [0.3, 0.4) is 0 Å². The number of nitrogens with zero attached hydrogens (tertiary/aromatic N) is 1. The molecule has 2 amide bonds. The van der Waals surface area contributed by atoms with Crippen molar-refractivity contribution in [1.29, 1.82) is 0 Å². The molecular weight excluding hydrogens is 356 g/mol. The summed E-state index contributed by atoms with van der Waals surface area (Å²) in [7, 11) is 3.18. The van der Waals surface area contributed by atoms with E-state index in [1.807, 2.05) is 62.4 Å². The predicted molar refractivity (Wildman–Crippen MR) is 108 cm³/mol. The van der Waals surface area contributed by atoms with Gasteiger partial charge in [-0.25, -0.2) is 0 Å². The van der Waals surface area contributed by atoms with Gasteiger partial charge in [0.1, 0.15) is 17.5 Å². The van der Waals surface area contributed by atoms with Gasteiger partial charge in [0, 0.05) is 13.6 Å². The van der Waals surface area contributed by atoms with E-state index in [4.69, 9.17) is 9.47 Å². The normalized spacial score (nSPS) is 11.4. The highest BCUT2D eigenvalue weighted by Crippen LogP contribution is 2.17. The molecule has 0 saturated heterocycles. The lowest BCUT2D eigenvalue weighted by atomic mass is 10.1. The molecular formula is C22H28N2O4. The molecule has 1 N–H and O–H groups in total. The predicted octanol–water partition coefficient (Wildman–Crippen LogP) is 2.94. The molecule has 150 valence electrons. The van der Waals surface area contributed by atoms with Crippen LogP contribution in [0.15, 0.2) is 48.5 Å². The summed E-state index contributed by atoms with van der Waals surface area (Å²) in [6, 6.07) is 14.4. The Labute approximate surface area is 166 Å². The Kier molecular flexibility index (Phi) is 7.87. The number of carbonyl (C=O) groups is 2. The molecule has 0 aliphatic carbocycles. The van der Waals surface area contributed by atoms with E-state index in [0.717, 1.165) is 16.9 Å². The van der Waals surface area contributed by atoms with Crippen LogP contribution in [0.2, 0.25) is 0 Å². The van der Waals surface area contributed by atoms with Crippen molar-refractivity contribution in [2.45, 2.75) is 32.9 Å². The van der Waals surface area contributed by atoms with Crippen molar-refractivity contribution in [3.8, 4) is 11.5 Å². The zero-order valence-corrected chi connectivity index (χ0v) is 16.9. The summed E-state index contributed by atoms with van der Waals surface area (Å²) < 4.78 is 10.8. The third kappa shape index (κ3) is 5.74. The van der Waals surface area contributed by atoms with Crippen LogP contribution in [0.4, 0.5) is 0 Å². The van der Waals surface area contributed by atoms with E-state index in [9.17, 15) is 9.59 Å². The minimum atomic E-state index is -0.569. The first-order valence-electron chi connectivity index (χ1n) is 9.32. The van der Waals surface area contributed by atoms with Gasteiger partial charge in [0.2, 0.25) is 5.91 Å². The Morgan fingerprint density at radius 3 is 2.39 bits per heavy atom. The average Bonchev–Trinajstić information content (AvgIpc) is 2.72. The standard InChI is InChI=1S/C22H28N2O4/c1-5-20(22(26)23-3)24(14-17-9-11-18(27-4)12-10-17)21(25)15-28-19-8-6-7-16(2)13-19/h6-13,20H,5,14-15H2,1-4H3,(H,23,26)/t20-/m0/s1. The van der Waals surface area contributed by atoms with Gasteiger partial charge in [0.05, 0.1) is 7.11 Å². The van der Waals surface area contributed by atoms with E-state index in [-0.39, 0.29) is 18.4 Å². The van der Waals surface area contributed by atoms with Crippen molar-refractivity contribution in [1.82, 2.24) is 10.2 Å². The lowest BCUT2D eigenvalue weighted by molar-refractivity contribution is -0.142. The fraction of sp³-hybridized carbons (Fsp3) is 0.364. The number of benzene rings is 2. The molecule has 0 radical (unpaired) electrons. The van der Waals surface area contributed by atoms with Crippen LogP contribution in [-0.4, -0.2) is 43.5 Å². The van der Waals surface area contributed by atoms with E-state index < -0.39 is 6.04 Å². The number of likely N-dealkylation sites (N-methyl/N-ethyl adjacent to an activating group) is 1. The van der Waals surface area contributed by atoms with E-state index in [0.29, 0.717) is 18.7 Å². The highest BCUT2D eigenvalue weighted by atomic mass is 16.5. The van der Waals surface area contributed by atoms with Crippen molar-refractivity contribution in [2.24, 2.45) is 0 Å². The first kappa shape index (κ1) is 21.3. The molecule has 6 heteroatoms. The number of rotatable bonds is 9. The molecule has 2 aromatic carbocycles. The number of methoxy groups -OCH3 is 1. The maximum atomic E-state index is 12.9. The molecule has 0 bridgehead atoms. The number of ether oxygens (including phenoxy) is 2. The largest absolute Gasteiger partial charge is 0.497 e. The molecule has 0 spiro atoms. The Balaban J connectivity index is 2.17. The van der Waals surface area contributed by atoms with Gasteiger partial charge in [-0.1, -0.05) is 31.2 Å². The number of hydrogen-bond donors (Lipinski definition) is 1. The highest BCUT2D eigenvalue weighted by Gasteiger charge is 2.28. The summed E-state index contributed by atoms with van der Waals surface area (Å²) in [6.45, 7) is 4.03. The smallest absolute Gasteiger partial charge is 0.261 e. The van der Waals surface area contributed by atoms with Gasteiger partial charge >= 0.3 is 0 Å². The summed E-state index contributed by atoms with van der Waals surface area (Å²) in [5, 5.41) is 2.64. The van der Waals surface area contributed by atoms with Crippen molar-refractivity contribution >= 4 is 11.8 Å². The van der Waals surface area contributed by atoms with Crippen molar-refractivity contribution in [2.75, 3.05) is 20.8 Å². The summed E-state index contributed by atoms with van der Waals surface area (Å²) >= 11 is 0. The van der Waals surface area contributed by atoms with Crippen molar-refractivity contribution < 1.29 is 19.1 Å². The van der Waals surface area contributed by atoms with Gasteiger partial charge in [-0.3, -0.25) is 9.59 Å². The zero-order valence-electron chi connectivity index (χ0n) is 16.9. The van der Waals surface area contributed by atoms with E-state index in [1.165, 1.54) is 0 Å². The number of amides is 2. The second-order valence-corrected chi connectivity index (χ2v) is 6.51. The highest BCUT2D eigenvalue weighted by molar-refractivity contribution is 5.88. The first-order chi connectivity index (χ1) is 13.5. The van der Waals surface area contributed by atoms with Crippen LogP contribution >= 0.6 is 0 Å². The molecule has 0 saturated carbocycles. The Bertz CT molecular complexity index is 789. The molecule has 0 heterocycles. The fourth-order valence-corrected chi connectivity index (χ4v) is 2.95. The number of nitrogens with one attached hydrogen (secondary N) is 1. The molecule has 28 heavy (non-hydrogen) atoms. The molecule has 0 aliphatic rings. The Morgan fingerprint density at radius 2 is 1.82 bits per heavy atom. The molecule has 0 aliphatic heterocycles. The van der Waals surface area contributed by atoms with E-state index in [1.54, 1.807) is 19.1 Å². The quantitative estimate of drug-likeness (QED) is 0.722. The molecule has 1 atom stereocenters. The molecule has 0 aromatic heterocycles. The molecule has 2 aromatic rings. The maximum absolute atomic E-state index is 12.9. The topological polar surface area (TPSA) is 67.9 Å². The lowest BCUT2D eigenvalue weighted by Gasteiger charge is -2.30. The summed E-state index contributed by atoms with van der Waals surface area (Å²) in [5.41, 5.74) is 1.96. The zero-order chi connectivity index (χ0) is 20.5. The van der Waals surface area contributed by atoms with Crippen LogP contribution in [0.5, 0.6) is 11.5 Å². The minimum Gasteiger partial charge on any atom is -0.497 e. The van der Waals surface area contributed by atoms with E-state index in [2.05, 4.69) is 5.32 Å². The average molecular weight is 384 g/mol. The summed E-state index contributed by atoms with van der Waals surface area (Å²) in [5.74, 6) is 0.932. The van der Waals surface area contributed by atoms with Gasteiger partial charge in [0.15, 0.2) is 6.61 Å². The third-order valence-corrected chi connectivity index (χ3v) is 4.50. The summed E-state index contributed by atoms with van der Waals surface area (Å²) in [4.78, 5) is 26.8.